The molecule has 1 amide bonds. The molecule has 1 aromatic carbocycles. The van der Waals surface area contributed by atoms with Crippen LogP contribution in [-0.4, -0.2) is 41.1 Å². The van der Waals surface area contributed by atoms with Crippen LogP contribution >= 0.6 is 0 Å². The summed E-state index contributed by atoms with van der Waals surface area (Å²) in [4.78, 5) is 26.7. The average Bonchev–Trinajstić information content (AvgIpc) is 2.81. The van der Waals surface area contributed by atoms with Crippen molar-refractivity contribution in [3.8, 4) is 0 Å². The summed E-state index contributed by atoms with van der Waals surface area (Å²) in [5.41, 5.74) is 1.93. The van der Waals surface area contributed by atoms with Crippen LogP contribution in [0.15, 0.2) is 53.5 Å². The highest BCUT2D eigenvalue weighted by atomic mass is 16.2. The number of nitrogens with one attached hydrogen (secondary N) is 1. The van der Waals surface area contributed by atoms with Crippen molar-refractivity contribution >= 4 is 5.91 Å². The number of hydrogen-bond acceptors (Lipinski definition) is 3. The van der Waals surface area contributed by atoms with Crippen LogP contribution in [0.1, 0.15) is 66.8 Å². The van der Waals surface area contributed by atoms with Crippen molar-refractivity contribution in [1.82, 2.24) is 14.8 Å². The van der Waals surface area contributed by atoms with E-state index in [1.54, 1.807) is 19.3 Å². The Balaban J connectivity index is 1.33. The minimum Gasteiger partial charge on any atom is -0.349 e. The van der Waals surface area contributed by atoms with Crippen LogP contribution in [-0.2, 0) is 7.05 Å². The molecule has 0 bridgehead atoms. The van der Waals surface area contributed by atoms with Gasteiger partial charge in [-0.05, 0) is 49.1 Å². The Bertz CT molecular complexity index is 910. The second-order valence-electron chi connectivity index (χ2n) is 9.33. The Kier molecular flexibility index (Phi) is 7.23. The number of pyridine rings is 1. The maximum absolute atomic E-state index is 12.6. The van der Waals surface area contributed by atoms with Gasteiger partial charge in [-0.1, -0.05) is 49.6 Å². The fraction of sp³-hybridized carbons (Fsp3) is 0.538. The normalized spacial score (nSPS) is 19.8. The van der Waals surface area contributed by atoms with Crippen LogP contribution in [0.25, 0.3) is 0 Å². The van der Waals surface area contributed by atoms with Crippen molar-refractivity contribution < 1.29 is 4.79 Å². The average molecular weight is 422 g/mol. The summed E-state index contributed by atoms with van der Waals surface area (Å²) in [6, 6.07) is 14.3. The minimum absolute atomic E-state index is 0.0848. The van der Waals surface area contributed by atoms with Crippen LogP contribution < -0.4 is 10.9 Å². The molecule has 31 heavy (non-hydrogen) atoms. The van der Waals surface area contributed by atoms with E-state index >= 15 is 0 Å². The summed E-state index contributed by atoms with van der Waals surface area (Å²) in [6.07, 6.45) is 10.4. The molecule has 4 rings (SSSR count). The summed E-state index contributed by atoms with van der Waals surface area (Å²) < 4.78 is 1.45. The molecule has 0 radical (unpaired) electrons. The van der Waals surface area contributed by atoms with Crippen LogP contribution in [0, 0.1) is 5.92 Å². The second-order valence-corrected chi connectivity index (χ2v) is 9.33. The Labute approximate surface area is 185 Å². The first-order valence-corrected chi connectivity index (χ1v) is 11.8. The van der Waals surface area contributed by atoms with E-state index in [2.05, 4.69) is 40.5 Å². The van der Waals surface area contributed by atoms with E-state index in [1.165, 1.54) is 48.3 Å². The van der Waals surface area contributed by atoms with Gasteiger partial charge in [0, 0.05) is 45.0 Å². The molecule has 1 aromatic heterocycles. The van der Waals surface area contributed by atoms with E-state index in [9.17, 15) is 9.59 Å². The van der Waals surface area contributed by atoms with Gasteiger partial charge in [-0.2, -0.15) is 0 Å². The molecule has 1 N–H and O–H groups in total. The third-order valence-corrected chi connectivity index (χ3v) is 7.17. The molecular formula is C26H35N3O2. The van der Waals surface area contributed by atoms with Crippen LogP contribution in [0.2, 0.25) is 0 Å². The predicted octanol–water partition coefficient (Wildman–Crippen LogP) is 3.94. The Morgan fingerprint density at radius 3 is 2.39 bits per heavy atom. The fourth-order valence-corrected chi connectivity index (χ4v) is 5.30. The van der Waals surface area contributed by atoms with E-state index in [4.69, 9.17) is 0 Å². The van der Waals surface area contributed by atoms with Crippen molar-refractivity contribution in [3.63, 3.8) is 0 Å². The number of aryl methyl sites for hydroxylation is 1. The molecule has 0 unspecified atom stereocenters. The molecule has 2 heterocycles. The van der Waals surface area contributed by atoms with E-state index in [0.29, 0.717) is 11.5 Å². The molecule has 166 valence electrons. The standard InChI is InChI=1S/C26H35N3O2/c1-28-18-22(12-13-25(28)30)26(31)27-23-14-16-29(17-15-23)19-24(20-8-4-2-5-9-20)21-10-6-3-7-11-21/h2,4-5,8-9,12-13,18,21,23-24H,3,6-7,10-11,14-17,19H2,1H3,(H,27,31)/t24-/m1/s1. The molecular weight excluding hydrogens is 386 g/mol. The van der Waals surface area contributed by atoms with Gasteiger partial charge < -0.3 is 14.8 Å². The number of aromatic nitrogens is 1. The molecule has 1 aliphatic carbocycles. The number of hydrogen-bond donors (Lipinski definition) is 1. The maximum Gasteiger partial charge on any atom is 0.252 e. The Morgan fingerprint density at radius 2 is 1.71 bits per heavy atom. The van der Waals surface area contributed by atoms with E-state index in [1.807, 2.05) is 0 Å². The predicted molar refractivity (Wildman–Crippen MR) is 124 cm³/mol. The van der Waals surface area contributed by atoms with Gasteiger partial charge in [0.2, 0.25) is 5.56 Å². The SMILES string of the molecule is Cn1cc(C(=O)NC2CCN(C[C@H](c3ccccc3)C3CCCCC3)CC2)ccc1=O. The quantitative estimate of drug-likeness (QED) is 0.769. The van der Waals surface area contributed by atoms with Crippen molar-refractivity contribution in [1.29, 1.82) is 0 Å². The molecule has 5 nitrogen and oxygen atoms in total. The first kappa shape index (κ1) is 21.8. The van der Waals surface area contributed by atoms with Crippen LogP contribution in [0.4, 0.5) is 0 Å². The lowest BCUT2D eigenvalue weighted by atomic mass is 9.76. The summed E-state index contributed by atoms with van der Waals surface area (Å²) in [5.74, 6) is 1.31. The van der Waals surface area contributed by atoms with Crippen molar-refractivity contribution in [2.24, 2.45) is 13.0 Å². The first-order valence-electron chi connectivity index (χ1n) is 11.8. The van der Waals surface area contributed by atoms with Gasteiger partial charge in [-0.3, -0.25) is 9.59 Å². The monoisotopic (exact) mass is 421 g/mol. The molecule has 0 spiro atoms. The zero-order chi connectivity index (χ0) is 21.6. The Morgan fingerprint density at radius 1 is 1.00 bits per heavy atom. The topological polar surface area (TPSA) is 54.3 Å². The van der Waals surface area contributed by atoms with Gasteiger partial charge >= 0.3 is 0 Å². The molecule has 2 aliphatic rings. The van der Waals surface area contributed by atoms with Gasteiger partial charge in [0.05, 0.1) is 5.56 Å². The van der Waals surface area contributed by atoms with Gasteiger partial charge in [-0.25, -0.2) is 0 Å². The summed E-state index contributed by atoms with van der Waals surface area (Å²) in [7, 11) is 1.67. The van der Waals surface area contributed by atoms with E-state index in [-0.39, 0.29) is 17.5 Å². The highest BCUT2D eigenvalue weighted by molar-refractivity contribution is 5.94. The lowest BCUT2D eigenvalue weighted by molar-refractivity contribution is 0.0904. The second kappa shape index (κ2) is 10.3. The minimum atomic E-state index is -0.101. The number of piperidine rings is 1. The number of amides is 1. The van der Waals surface area contributed by atoms with Gasteiger partial charge in [0.1, 0.15) is 0 Å². The number of carbonyl (C=O) groups excluding carboxylic acids is 1. The number of rotatable bonds is 6. The third kappa shape index (κ3) is 5.65. The van der Waals surface area contributed by atoms with Gasteiger partial charge in [-0.15, -0.1) is 0 Å². The van der Waals surface area contributed by atoms with Gasteiger partial charge in [0.15, 0.2) is 0 Å². The maximum atomic E-state index is 12.6. The van der Waals surface area contributed by atoms with E-state index in [0.717, 1.165) is 38.4 Å². The number of carbonyl (C=O) groups is 1. The fourth-order valence-electron chi connectivity index (χ4n) is 5.30. The van der Waals surface area contributed by atoms with Crippen LogP contribution in [0.3, 0.4) is 0 Å². The molecule has 2 aromatic rings. The number of likely N-dealkylation sites (tertiary alicyclic amines) is 1. The summed E-state index contributed by atoms with van der Waals surface area (Å²) in [5, 5.41) is 3.17. The molecule has 2 fully saturated rings. The van der Waals surface area contributed by atoms with Crippen LogP contribution in [0.5, 0.6) is 0 Å². The number of benzene rings is 1. The first-order chi connectivity index (χ1) is 15.1. The molecule has 1 atom stereocenters. The zero-order valence-electron chi connectivity index (χ0n) is 18.6. The van der Waals surface area contributed by atoms with Crippen molar-refractivity contribution in [2.75, 3.05) is 19.6 Å². The Hall–Kier alpha value is -2.40. The summed E-state index contributed by atoms with van der Waals surface area (Å²) in [6.45, 7) is 3.17. The summed E-state index contributed by atoms with van der Waals surface area (Å²) >= 11 is 0. The molecule has 1 aliphatic heterocycles. The smallest absolute Gasteiger partial charge is 0.252 e. The van der Waals surface area contributed by atoms with Gasteiger partial charge in [0.25, 0.3) is 5.91 Å². The van der Waals surface area contributed by atoms with Crippen molar-refractivity contribution in [2.45, 2.75) is 56.9 Å². The van der Waals surface area contributed by atoms with E-state index < -0.39 is 0 Å². The molecule has 5 heteroatoms. The highest BCUT2D eigenvalue weighted by Crippen LogP contribution is 2.37. The lowest BCUT2D eigenvalue weighted by Crippen LogP contribution is -2.46. The lowest BCUT2D eigenvalue weighted by Gasteiger charge is -2.38. The zero-order valence-corrected chi connectivity index (χ0v) is 18.6. The highest BCUT2D eigenvalue weighted by Gasteiger charge is 2.29. The van der Waals surface area contributed by atoms with Crippen molar-refractivity contribution in [3.05, 3.63) is 70.1 Å². The number of nitrogens with zero attached hydrogens (tertiary/aromatic N) is 2. The third-order valence-electron chi connectivity index (χ3n) is 7.17. The molecule has 1 saturated heterocycles. The largest absolute Gasteiger partial charge is 0.349 e. The molecule has 1 saturated carbocycles.